The number of rotatable bonds is 4. The van der Waals surface area contributed by atoms with Gasteiger partial charge in [-0.15, -0.1) is 0 Å². The number of nitrogens with one attached hydrogen (secondary N) is 1. The van der Waals surface area contributed by atoms with Crippen LogP contribution in [0.2, 0.25) is 5.02 Å². The minimum atomic E-state index is -0.654. The smallest absolute Gasteiger partial charge is 0.222 e. The standard InChI is InChI=1S/C20H22ClFN6O2/c1-29-17-5-3-2-4-16(17)28-19(24-13-6-7-15(22)14(21)12-13)25-18(23)26-20(28)27-8-10-30-11-9-27/h2-7,12,19,24H,8-11H2,1H3,(H2,23,25). The van der Waals surface area contributed by atoms with Gasteiger partial charge in [0.25, 0.3) is 0 Å². The molecule has 30 heavy (non-hydrogen) atoms. The fourth-order valence-corrected chi connectivity index (χ4v) is 3.54. The van der Waals surface area contributed by atoms with Crippen LogP contribution in [0.3, 0.4) is 0 Å². The third-order valence-electron chi connectivity index (χ3n) is 4.78. The van der Waals surface area contributed by atoms with Crippen LogP contribution in [0.15, 0.2) is 52.4 Å². The fraction of sp³-hybridized carbons (Fsp3) is 0.300. The van der Waals surface area contributed by atoms with Gasteiger partial charge in [0.05, 0.1) is 31.0 Å². The van der Waals surface area contributed by atoms with Crippen molar-refractivity contribution in [1.82, 2.24) is 4.90 Å². The number of methoxy groups -OCH3 is 1. The van der Waals surface area contributed by atoms with E-state index in [0.717, 1.165) is 5.69 Å². The number of hydrogen-bond acceptors (Lipinski definition) is 8. The van der Waals surface area contributed by atoms with E-state index in [2.05, 4.69) is 20.2 Å². The van der Waals surface area contributed by atoms with Crippen molar-refractivity contribution in [3.8, 4) is 5.75 Å². The zero-order chi connectivity index (χ0) is 21.1. The van der Waals surface area contributed by atoms with Crippen molar-refractivity contribution in [1.29, 1.82) is 0 Å². The second-order valence-electron chi connectivity index (χ2n) is 6.69. The topological polar surface area (TPSA) is 87.7 Å². The maximum absolute atomic E-state index is 13.6. The van der Waals surface area contributed by atoms with E-state index in [1.165, 1.54) is 12.1 Å². The van der Waals surface area contributed by atoms with Crippen molar-refractivity contribution >= 4 is 34.9 Å². The number of benzene rings is 2. The third-order valence-corrected chi connectivity index (χ3v) is 5.07. The fourth-order valence-electron chi connectivity index (χ4n) is 3.36. The highest BCUT2D eigenvalue weighted by molar-refractivity contribution is 6.31. The summed E-state index contributed by atoms with van der Waals surface area (Å²) in [5, 5.41) is 3.27. The van der Waals surface area contributed by atoms with Gasteiger partial charge in [0.2, 0.25) is 18.2 Å². The molecule has 0 amide bonds. The molecule has 1 saturated heterocycles. The molecule has 0 saturated carbocycles. The Hall–Kier alpha value is -3.04. The summed E-state index contributed by atoms with van der Waals surface area (Å²) in [4.78, 5) is 13.0. The Morgan fingerprint density at radius 3 is 2.73 bits per heavy atom. The van der Waals surface area contributed by atoms with Crippen molar-refractivity contribution in [2.45, 2.75) is 6.29 Å². The second-order valence-corrected chi connectivity index (χ2v) is 7.09. The molecule has 0 aliphatic carbocycles. The molecule has 2 aliphatic heterocycles. The molecule has 1 fully saturated rings. The van der Waals surface area contributed by atoms with Gasteiger partial charge < -0.3 is 25.4 Å². The summed E-state index contributed by atoms with van der Waals surface area (Å²) in [6.07, 6.45) is -0.654. The SMILES string of the molecule is COc1ccccc1N1C(N2CCOCC2)=NC(N)=NC1Nc1ccc(F)c(Cl)c1. The third kappa shape index (κ3) is 4.12. The second kappa shape index (κ2) is 8.76. The monoisotopic (exact) mass is 432 g/mol. The number of anilines is 2. The molecule has 8 nitrogen and oxygen atoms in total. The van der Waals surface area contributed by atoms with E-state index in [1.807, 2.05) is 29.2 Å². The Kier molecular flexibility index (Phi) is 5.91. The van der Waals surface area contributed by atoms with E-state index < -0.39 is 12.1 Å². The summed E-state index contributed by atoms with van der Waals surface area (Å²) < 4.78 is 24.7. The maximum Gasteiger partial charge on any atom is 0.222 e. The summed E-state index contributed by atoms with van der Waals surface area (Å²) in [6.45, 7) is 2.49. The van der Waals surface area contributed by atoms with Crippen LogP contribution in [0.4, 0.5) is 15.8 Å². The molecule has 0 spiro atoms. The largest absolute Gasteiger partial charge is 0.495 e. The molecule has 4 rings (SSSR count). The first kappa shape index (κ1) is 20.2. The molecule has 2 aromatic rings. The van der Waals surface area contributed by atoms with Crippen molar-refractivity contribution in [2.75, 3.05) is 43.6 Å². The van der Waals surface area contributed by atoms with E-state index in [4.69, 9.17) is 26.8 Å². The molecule has 2 heterocycles. The zero-order valence-electron chi connectivity index (χ0n) is 16.4. The average molecular weight is 433 g/mol. The van der Waals surface area contributed by atoms with Crippen LogP contribution in [0.5, 0.6) is 5.75 Å². The minimum Gasteiger partial charge on any atom is -0.495 e. The van der Waals surface area contributed by atoms with Crippen LogP contribution in [-0.4, -0.2) is 56.5 Å². The van der Waals surface area contributed by atoms with E-state index in [0.29, 0.717) is 43.7 Å². The highest BCUT2D eigenvalue weighted by Crippen LogP contribution is 2.32. The van der Waals surface area contributed by atoms with Gasteiger partial charge in [-0.25, -0.2) is 9.38 Å². The number of guanidine groups is 2. The summed E-state index contributed by atoms with van der Waals surface area (Å²) in [5.74, 6) is 0.915. The van der Waals surface area contributed by atoms with Crippen LogP contribution >= 0.6 is 11.6 Å². The highest BCUT2D eigenvalue weighted by atomic mass is 35.5. The molecule has 158 valence electrons. The van der Waals surface area contributed by atoms with Gasteiger partial charge in [-0.1, -0.05) is 23.7 Å². The van der Waals surface area contributed by atoms with Crippen LogP contribution in [0.25, 0.3) is 0 Å². The minimum absolute atomic E-state index is 0.0127. The van der Waals surface area contributed by atoms with Crippen molar-refractivity contribution < 1.29 is 13.9 Å². The zero-order valence-corrected chi connectivity index (χ0v) is 17.1. The van der Waals surface area contributed by atoms with Gasteiger partial charge in [-0.3, -0.25) is 4.90 Å². The van der Waals surface area contributed by atoms with Crippen molar-refractivity contribution in [3.63, 3.8) is 0 Å². The summed E-state index contributed by atoms with van der Waals surface area (Å²) in [6, 6.07) is 12.0. The van der Waals surface area contributed by atoms with Crippen LogP contribution in [0.1, 0.15) is 0 Å². The number of nitrogens with two attached hydrogens (primary N) is 1. The first-order valence-electron chi connectivity index (χ1n) is 9.45. The lowest BCUT2D eigenvalue weighted by atomic mass is 10.2. The van der Waals surface area contributed by atoms with Gasteiger partial charge in [0.1, 0.15) is 11.6 Å². The van der Waals surface area contributed by atoms with Gasteiger partial charge in [-0.05, 0) is 30.3 Å². The lowest BCUT2D eigenvalue weighted by Crippen LogP contribution is -2.57. The number of hydrogen-bond donors (Lipinski definition) is 2. The molecule has 0 aromatic heterocycles. The number of ether oxygens (including phenoxy) is 2. The number of morpholine rings is 1. The molecule has 1 unspecified atom stereocenters. The van der Waals surface area contributed by atoms with Crippen LogP contribution in [0, 0.1) is 5.82 Å². The number of halogens is 2. The summed E-state index contributed by atoms with van der Waals surface area (Å²) >= 11 is 5.96. The molecule has 0 radical (unpaired) electrons. The lowest BCUT2D eigenvalue weighted by molar-refractivity contribution is 0.0671. The predicted molar refractivity (Wildman–Crippen MR) is 116 cm³/mol. The summed E-state index contributed by atoms with van der Waals surface area (Å²) in [7, 11) is 1.61. The number of nitrogens with zero attached hydrogens (tertiary/aromatic N) is 4. The molecular formula is C20H22ClFN6O2. The Balaban J connectivity index is 1.76. The average Bonchev–Trinajstić information content (AvgIpc) is 2.76. The molecule has 10 heteroatoms. The van der Waals surface area contributed by atoms with E-state index in [9.17, 15) is 4.39 Å². The Labute approximate surface area is 178 Å². The Morgan fingerprint density at radius 1 is 1.23 bits per heavy atom. The Morgan fingerprint density at radius 2 is 2.00 bits per heavy atom. The van der Waals surface area contributed by atoms with Gasteiger partial charge in [0, 0.05) is 18.8 Å². The number of aliphatic imine (C=N–C) groups is 2. The van der Waals surface area contributed by atoms with E-state index in [-0.39, 0.29) is 11.0 Å². The van der Waals surface area contributed by atoms with E-state index in [1.54, 1.807) is 13.2 Å². The molecule has 3 N–H and O–H groups in total. The van der Waals surface area contributed by atoms with E-state index >= 15 is 0 Å². The molecular weight excluding hydrogens is 411 g/mol. The Bertz CT molecular complexity index is 980. The van der Waals surface area contributed by atoms with Crippen molar-refractivity contribution in [3.05, 3.63) is 53.3 Å². The maximum atomic E-state index is 13.6. The van der Waals surface area contributed by atoms with Crippen LogP contribution in [-0.2, 0) is 4.74 Å². The first-order valence-corrected chi connectivity index (χ1v) is 9.83. The number of para-hydroxylation sites is 2. The molecule has 1 atom stereocenters. The molecule has 2 aliphatic rings. The van der Waals surface area contributed by atoms with Crippen molar-refractivity contribution in [2.24, 2.45) is 15.7 Å². The summed E-state index contributed by atoms with van der Waals surface area (Å²) in [5.41, 5.74) is 7.41. The molecule has 0 bridgehead atoms. The quantitative estimate of drug-likeness (QED) is 0.772. The predicted octanol–water partition coefficient (Wildman–Crippen LogP) is 2.71. The normalized spacial score (nSPS) is 19.2. The molecule has 2 aromatic carbocycles. The van der Waals surface area contributed by atoms with Gasteiger partial charge in [-0.2, -0.15) is 4.99 Å². The first-order chi connectivity index (χ1) is 14.6. The van der Waals surface area contributed by atoms with Gasteiger partial charge in [0.15, 0.2) is 0 Å². The van der Waals surface area contributed by atoms with Gasteiger partial charge >= 0.3 is 0 Å². The van der Waals surface area contributed by atoms with Crippen LogP contribution < -0.4 is 20.7 Å². The lowest BCUT2D eigenvalue weighted by Gasteiger charge is -2.41. The highest BCUT2D eigenvalue weighted by Gasteiger charge is 2.33.